The molecule has 0 radical (unpaired) electrons. The molecule has 0 spiro atoms. The van der Waals surface area contributed by atoms with Crippen LogP contribution < -0.4 is 15.4 Å². The van der Waals surface area contributed by atoms with Crippen molar-refractivity contribution in [1.29, 1.82) is 0 Å². The molecule has 138 valence electrons. The molecule has 0 aliphatic heterocycles. The number of nitrogens with one attached hydrogen (secondary N) is 2. The summed E-state index contributed by atoms with van der Waals surface area (Å²) in [7, 11) is 1.66. The first kappa shape index (κ1) is 18.5. The third-order valence-electron chi connectivity index (χ3n) is 4.29. The molecule has 0 unspecified atom stereocenters. The Kier molecular flexibility index (Phi) is 6.05. The monoisotopic (exact) mass is 361 g/mol. The van der Waals surface area contributed by atoms with Crippen molar-refractivity contribution in [2.75, 3.05) is 24.3 Å². The maximum absolute atomic E-state index is 12.5. The summed E-state index contributed by atoms with van der Waals surface area (Å²) in [5, 5.41) is 6.21. The summed E-state index contributed by atoms with van der Waals surface area (Å²) in [6.45, 7) is 2.69. The number of carbonyl (C=O) groups is 1. The molecule has 2 N–H and O–H groups in total. The van der Waals surface area contributed by atoms with Gasteiger partial charge in [-0.25, -0.2) is 4.98 Å². The number of hydrogen-bond acceptors (Lipinski definition) is 4. The summed E-state index contributed by atoms with van der Waals surface area (Å²) in [4.78, 5) is 16.8. The Morgan fingerprint density at radius 2 is 1.85 bits per heavy atom. The van der Waals surface area contributed by atoms with E-state index in [1.165, 1.54) is 5.56 Å². The summed E-state index contributed by atoms with van der Waals surface area (Å²) in [6.07, 6.45) is 2.49. The highest BCUT2D eigenvalue weighted by Gasteiger charge is 2.08. The smallest absolute Gasteiger partial charge is 0.255 e. The van der Waals surface area contributed by atoms with Gasteiger partial charge in [0.15, 0.2) is 0 Å². The van der Waals surface area contributed by atoms with Crippen LogP contribution in [0.3, 0.4) is 0 Å². The molecule has 0 saturated carbocycles. The van der Waals surface area contributed by atoms with Crippen LogP contribution in [0.5, 0.6) is 5.75 Å². The number of nitrogens with zero attached hydrogens (tertiary/aromatic N) is 1. The molecule has 1 heterocycles. The van der Waals surface area contributed by atoms with Gasteiger partial charge in [0, 0.05) is 24.0 Å². The molecule has 0 fully saturated rings. The first-order valence-corrected chi connectivity index (χ1v) is 8.85. The van der Waals surface area contributed by atoms with Crippen molar-refractivity contribution in [2.24, 2.45) is 0 Å². The van der Waals surface area contributed by atoms with Gasteiger partial charge in [0.25, 0.3) is 5.91 Å². The molecule has 5 nitrogen and oxygen atoms in total. The van der Waals surface area contributed by atoms with Crippen LogP contribution in [0.2, 0.25) is 0 Å². The maximum Gasteiger partial charge on any atom is 0.255 e. The van der Waals surface area contributed by atoms with Gasteiger partial charge in [-0.05, 0) is 54.8 Å². The lowest BCUT2D eigenvalue weighted by Crippen LogP contribution is -2.14. The number of benzene rings is 2. The third kappa shape index (κ3) is 5.07. The molecule has 2 aromatic carbocycles. The van der Waals surface area contributed by atoms with Crippen molar-refractivity contribution >= 4 is 17.4 Å². The summed E-state index contributed by atoms with van der Waals surface area (Å²) in [6, 6.07) is 19.2. The van der Waals surface area contributed by atoms with E-state index in [0.717, 1.165) is 30.0 Å². The molecule has 1 aromatic heterocycles. The quantitative estimate of drug-likeness (QED) is 0.658. The van der Waals surface area contributed by atoms with Gasteiger partial charge in [-0.15, -0.1) is 0 Å². The van der Waals surface area contributed by atoms with E-state index in [2.05, 4.69) is 15.6 Å². The van der Waals surface area contributed by atoms with Crippen molar-refractivity contribution < 1.29 is 9.53 Å². The number of anilines is 2. The minimum Gasteiger partial charge on any atom is -0.497 e. The van der Waals surface area contributed by atoms with Crippen LogP contribution in [0.15, 0.2) is 66.9 Å². The fraction of sp³-hybridized carbons (Fsp3) is 0.182. The predicted molar refractivity (Wildman–Crippen MR) is 109 cm³/mol. The molecule has 0 saturated heterocycles. The highest BCUT2D eigenvalue weighted by molar-refractivity contribution is 6.05. The van der Waals surface area contributed by atoms with Gasteiger partial charge in [-0.1, -0.05) is 30.3 Å². The van der Waals surface area contributed by atoms with Gasteiger partial charge in [0.05, 0.1) is 7.11 Å². The molecule has 3 aromatic rings. The Labute approximate surface area is 159 Å². The third-order valence-corrected chi connectivity index (χ3v) is 4.29. The van der Waals surface area contributed by atoms with Crippen molar-refractivity contribution in [3.63, 3.8) is 0 Å². The molecule has 1 amide bonds. The van der Waals surface area contributed by atoms with Crippen molar-refractivity contribution in [3.8, 4) is 5.75 Å². The Morgan fingerprint density at radius 3 is 2.59 bits per heavy atom. The number of aromatic nitrogens is 1. The number of hydrogen-bond donors (Lipinski definition) is 2. The zero-order chi connectivity index (χ0) is 19.1. The van der Waals surface area contributed by atoms with Gasteiger partial charge >= 0.3 is 0 Å². The Hall–Kier alpha value is -3.34. The molecule has 3 rings (SSSR count). The van der Waals surface area contributed by atoms with Gasteiger partial charge < -0.3 is 15.4 Å². The number of rotatable bonds is 7. The van der Waals surface area contributed by atoms with Gasteiger partial charge in [0.1, 0.15) is 11.6 Å². The maximum atomic E-state index is 12.5. The van der Waals surface area contributed by atoms with E-state index in [0.29, 0.717) is 11.4 Å². The minimum atomic E-state index is -0.148. The van der Waals surface area contributed by atoms with E-state index < -0.39 is 0 Å². The van der Waals surface area contributed by atoms with Crippen LogP contribution in [-0.2, 0) is 6.42 Å². The van der Waals surface area contributed by atoms with Gasteiger partial charge in [-0.3, -0.25) is 4.79 Å². The largest absolute Gasteiger partial charge is 0.497 e. The number of methoxy groups -OCH3 is 1. The predicted octanol–water partition coefficient (Wildman–Crippen LogP) is 4.31. The number of para-hydroxylation sites is 1. The molecular weight excluding hydrogens is 338 g/mol. The van der Waals surface area contributed by atoms with E-state index in [1.807, 2.05) is 55.5 Å². The Morgan fingerprint density at radius 1 is 1.07 bits per heavy atom. The number of ether oxygens (including phenoxy) is 1. The Balaban J connectivity index is 1.58. The summed E-state index contributed by atoms with van der Waals surface area (Å²) >= 11 is 0. The Bertz CT molecular complexity index is 907. The lowest BCUT2D eigenvalue weighted by Gasteiger charge is -2.10. The summed E-state index contributed by atoms with van der Waals surface area (Å²) < 4.78 is 5.16. The van der Waals surface area contributed by atoms with E-state index in [-0.39, 0.29) is 5.91 Å². The fourth-order valence-electron chi connectivity index (χ4n) is 2.70. The number of aryl methyl sites for hydroxylation is 1. The minimum absolute atomic E-state index is 0.148. The van der Waals surface area contributed by atoms with E-state index in [1.54, 1.807) is 25.4 Å². The topological polar surface area (TPSA) is 63.2 Å². The number of amides is 1. The first-order valence-electron chi connectivity index (χ1n) is 8.85. The number of pyridine rings is 1. The summed E-state index contributed by atoms with van der Waals surface area (Å²) in [5.41, 5.74) is 3.61. The highest BCUT2D eigenvalue weighted by Crippen LogP contribution is 2.16. The molecule has 0 bridgehead atoms. The van der Waals surface area contributed by atoms with Crippen molar-refractivity contribution in [1.82, 2.24) is 4.98 Å². The van der Waals surface area contributed by atoms with Crippen molar-refractivity contribution in [3.05, 3.63) is 83.6 Å². The molecule has 0 aliphatic rings. The first-order chi connectivity index (χ1) is 13.2. The zero-order valence-electron chi connectivity index (χ0n) is 15.5. The zero-order valence-corrected chi connectivity index (χ0v) is 15.5. The second kappa shape index (κ2) is 8.85. The second-order valence-corrected chi connectivity index (χ2v) is 6.22. The fourth-order valence-corrected chi connectivity index (χ4v) is 2.70. The van der Waals surface area contributed by atoms with Gasteiger partial charge in [0.2, 0.25) is 0 Å². The van der Waals surface area contributed by atoms with Crippen LogP contribution in [0, 0.1) is 6.92 Å². The number of carbonyl (C=O) groups excluding carboxylic acids is 1. The SMILES string of the molecule is COc1ccc(CCNc2cc(C(=O)Nc3ccccc3C)ccn2)cc1. The molecular formula is C22H23N3O2. The average molecular weight is 361 g/mol. The molecule has 27 heavy (non-hydrogen) atoms. The molecule has 0 atom stereocenters. The van der Waals surface area contributed by atoms with Crippen LogP contribution >= 0.6 is 0 Å². The van der Waals surface area contributed by atoms with Gasteiger partial charge in [-0.2, -0.15) is 0 Å². The molecule has 5 heteroatoms. The van der Waals surface area contributed by atoms with E-state index >= 15 is 0 Å². The normalized spacial score (nSPS) is 10.3. The van der Waals surface area contributed by atoms with Crippen molar-refractivity contribution in [2.45, 2.75) is 13.3 Å². The van der Waals surface area contributed by atoms with Crippen LogP contribution in [0.4, 0.5) is 11.5 Å². The summed E-state index contributed by atoms with van der Waals surface area (Å²) in [5.74, 6) is 1.38. The lowest BCUT2D eigenvalue weighted by atomic mass is 10.1. The van der Waals surface area contributed by atoms with E-state index in [9.17, 15) is 4.79 Å². The van der Waals surface area contributed by atoms with E-state index in [4.69, 9.17) is 4.74 Å². The highest BCUT2D eigenvalue weighted by atomic mass is 16.5. The standard InChI is InChI=1S/C22H23N3O2/c1-16-5-3-4-6-20(16)25-22(26)18-12-14-24-21(15-18)23-13-11-17-7-9-19(27-2)10-8-17/h3-10,12,14-15H,11,13H2,1-2H3,(H,23,24)(H,25,26). The van der Waals surface area contributed by atoms with Crippen LogP contribution in [-0.4, -0.2) is 24.5 Å². The second-order valence-electron chi connectivity index (χ2n) is 6.22. The van der Waals surface area contributed by atoms with Crippen LogP contribution in [0.25, 0.3) is 0 Å². The molecule has 0 aliphatic carbocycles. The average Bonchev–Trinajstić information content (AvgIpc) is 2.70. The lowest BCUT2D eigenvalue weighted by molar-refractivity contribution is 0.102. The van der Waals surface area contributed by atoms with Crippen LogP contribution in [0.1, 0.15) is 21.5 Å².